The van der Waals surface area contributed by atoms with Crippen molar-refractivity contribution in [2.24, 2.45) is 0 Å². The zero-order valence-corrected chi connectivity index (χ0v) is 26.0. The third-order valence-corrected chi connectivity index (χ3v) is 11.0. The van der Waals surface area contributed by atoms with Crippen LogP contribution < -0.4 is 4.90 Å². The second kappa shape index (κ2) is 9.08. The highest BCUT2D eigenvalue weighted by molar-refractivity contribution is 9.10. The van der Waals surface area contributed by atoms with Gasteiger partial charge in [0.2, 0.25) is 0 Å². The molecule has 2 bridgehead atoms. The molecule has 0 amide bonds. The molecule has 0 spiro atoms. The smallest absolute Gasteiger partial charge is 0.0920 e. The fourth-order valence-electron chi connectivity index (χ4n) is 6.43. The van der Waals surface area contributed by atoms with E-state index in [1.54, 1.807) is 0 Å². The number of fused-ring (bicyclic) bond motifs is 5. The zero-order chi connectivity index (χ0) is 27.0. The van der Waals surface area contributed by atoms with E-state index in [2.05, 4.69) is 145 Å². The fraction of sp³-hybridized carbons (Fsp3) is 0.294. The predicted molar refractivity (Wildman–Crippen MR) is 166 cm³/mol. The average Bonchev–Trinajstić information content (AvgIpc) is 3.33. The van der Waals surface area contributed by atoms with Crippen molar-refractivity contribution in [3.8, 4) is 11.1 Å². The van der Waals surface area contributed by atoms with Crippen LogP contribution in [-0.2, 0) is 15.9 Å². The summed E-state index contributed by atoms with van der Waals surface area (Å²) in [4.78, 5) is 2.36. The average molecular weight is 631 g/mol. The largest absolute Gasteiger partial charge is 0.360 e. The Bertz CT molecular complexity index is 1490. The Balaban J connectivity index is 1.43. The maximum Gasteiger partial charge on any atom is 0.0920 e. The molecule has 2 nitrogen and oxygen atoms in total. The van der Waals surface area contributed by atoms with E-state index in [0.29, 0.717) is 0 Å². The molecule has 0 radical (unpaired) electrons. The minimum Gasteiger partial charge on any atom is -0.360 e. The van der Waals surface area contributed by atoms with E-state index in [1.165, 1.54) is 44.5 Å². The molecule has 194 valence electrons. The Labute approximate surface area is 243 Å². The predicted octanol–water partition coefficient (Wildman–Crippen LogP) is 10.8. The maximum atomic E-state index is 6.50. The Morgan fingerprint density at radius 1 is 0.579 bits per heavy atom. The molecule has 0 aliphatic carbocycles. The first-order valence-corrected chi connectivity index (χ1v) is 14.9. The Hall–Kier alpha value is -2.40. The molecule has 2 aliphatic heterocycles. The molecule has 0 aromatic heterocycles. The van der Waals surface area contributed by atoms with E-state index >= 15 is 0 Å². The molecule has 2 aliphatic rings. The monoisotopic (exact) mass is 629 g/mol. The molecule has 38 heavy (non-hydrogen) atoms. The number of nitrogens with zero attached hydrogens (tertiary/aromatic N) is 1. The topological polar surface area (TPSA) is 12.5 Å². The number of halogens is 2. The molecule has 4 aromatic carbocycles. The lowest BCUT2D eigenvalue weighted by Crippen LogP contribution is -2.17. The van der Waals surface area contributed by atoms with Gasteiger partial charge in [0.05, 0.1) is 11.2 Å². The molecule has 4 heteroatoms. The van der Waals surface area contributed by atoms with Gasteiger partial charge in [-0.05, 0) is 141 Å². The van der Waals surface area contributed by atoms with Crippen LogP contribution in [0.15, 0.2) is 75.7 Å². The van der Waals surface area contributed by atoms with E-state index in [9.17, 15) is 0 Å². The van der Waals surface area contributed by atoms with Crippen LogP contribution in [0.3, 0.4) is 0 Å². The number of ether oxygens (including phenoxy) is 1. The minimum atomic E-state index is -0.161. The zero-order valence-electron chi connectivity index (χ0n) is 22.9. The van der Waals surface area contributed by atoms with Crippen LogP contribution in [0.1, 0.15) is 60.1 Å². The van der Waals surface area contributed by atoms with Crippen LogP contribution in [0, 0.1) is 27.7 Å². The van der Waals surface area contributed by atoms with Crippen LogP contribution in [0.25, 0.3) is 11.1 Å². The highest BCUT2D eigenvalue weighted by atomic mass is 79.9. The SMILES string of the molecule is Cc1cc(N(c2ccc(-c3ccc4c(c3)C3(C)CCC4(C)O3)cc2)c2cc(C)c(Br)c(C)c2)cc(C)c1Br. The van der Waals surface area contributed by atoms with Crippen LogP contribution in [-0.4, -0.2) is 0 Å². The van der Waals surface area contributed by atoms with Gasteiger partial charge in [0.1, 0.15) is 0 Å². The van der Waals surface area contributed by atoms with Gasteiger partial charge in [-0.2, -0.15) is 0 Å². The first-order chi connectivity index (χ1) is 18.0. The van der Waals surface area contributed by atoms with Crippen molar-refractivity contribution in [2.45, 2.75) is 65.6 Å². The maximum absolute atomic E-state index is 6.50. The summed E-state index contributed by atoms with van der Waals surface area (Å²) >= 11 is 7.50. The Morgan fingerprint density at radius 3 is 1.53 bits per heavy atom. The van der Waals surface area contributed by atoms with Gasteiger partial charge in [-0.1, -0.05) is 56.1 Å². The van der Waals surface area contributed by atoms with Crippen LogP contribution in [0.2, 0.25) is 0 Å². The highest BCUT2D eigenvalue weighted by Crippen LogP contribution is 2.58. The first kappa shape index (κ1) is 25.9. The summed E-state index contributed by atoms with van der Waals surface area (Å²) in [5, 5.41) is 0. The minimum absolute atomic E-state index is 0.130. The van der Waals surface area contributed by atoms with E-state index in [0.717, 1.165) is 38.8 Å². The number of aryl methyl sites for hydroxylation is 4. The molecule has 1 fully saturated rings. The van der Waals surface area contributed by atoms with Gasteiger partial charge in [0, 0.05) is 26.0 Å². The molecule has 0 saturated carbocycles. The van der Waals surface area contributed by atoms with E-state index in [-0.39, 0.29) is 11.2 Å². The van der Waals surface area contributed by atoms with Gasteiger partial charge in [-0.3, -0.25) is 0 Å². The number of rotatable bonds is 4. The number of benzene rings is 4. The lowest BCUT2D eigenvalue weighted by molar-refractivity contribution is -0.0662. The van der Waals surface area contributed by atoms with Gasteiger partial charge in [0.15, 0.2) is 0 Å². The number of hydrogen-bond acceptors (Lipinski definition) is 2. The normalized spacial score (nSPS) is 21.6. The third-order valence-electron chi connectivity index (χ3n) is 8.51. The van der Waals surface area contributed by atoms with E-state index in [4.69, 9.17) is 4.74 Å². The lowest BCUT2D eigenvalue weighted by Gasteiger charge is -2.28. The number of hydrogen-bond donors (Lipinski definition) is 0. The molecule has 6 rings (SSSR count). The molecule has 2 heterocycles. The molecule has 2 atom stereocenters. The summed E-state index contributed by atoms with van der Waals surface area (Å²) in [6.45, 7) is 13.1. The first-order valence-electron chi connectivity index (χ1n) is 13.3. The summed E-state index contributed by atoms with van der Waals surface area (Å²) in [5.74, 6) is 0. The van der Waals surface area contributed by atoms with Gasteiger partial charge in [-0.15, -0.1) is 0 Å². The standard InChI is InChI=1S/C34H33Br2NO/c1-20-15-27(16-21(2)31(20)35)37(28-17-22(3)32(36)23(4)18-28)26-10-7-24(8-11-26)25-9-12-29-30(19-25)34(6)14-13-33(29,5)38-34/h7-12,15-19H,13-14H2,1-6H3. The Morgan fingerprint density at radius 2 is 1.03 bits per heavy atom. The fourth-order valence-corrected chi connectivity index (χ4v) is 6.89. The highest BCUT2D eigenvalue weighted by Gasteiger charge is 2.54. The second-order valence-electron chi connectivity index (χ2n) is 11.5. The van der Waals surface area contributed by atoms with Crippen molar-refractivity contribution < 1.29 is 4.74 Å². The molecule has 0 N–H and O–H groups in total. The number of anilines is 3. The van der Waals surface area contributed by atoms with Crippen LogP contribution >= 0.6 is 31.9 Å². The molecular formula is C34H33Br2NO. The molecule has 1 saturated heterocycles. The summed E-state index contributed by atoms with van der Waals surface area (Å²) in [6, 6.07) is 24.9. The summed E-state index contributed by atoms with van der Waals surface area (Å²) in [7, 11) is 0. The lowest BCUT2D eigenvalue weighted by atomic mass is 9.77. The van der Waals surface area contributed by atoms with Crippen molar-refractivity contribution in [1.29, 1.82) is 0 Å². The van der Waals surface area contributed by atoms with Gasteiger partial charge in [-0.25, -0.2) is 0 Å². The molecular weight excluding hydrogens is 598 g/mol. The van der Waals surface area contributed by atoms with Crippen molar-refractivity contribution in [1.82, 2.24) is 0 Å². The van der Waals surface area contributed by atoms with E-state index < -0.39 is 0 Å². The van der Waals surface area contributed by atoms with Gasteiger partial charge in [0.25, 0.3) is 0 Å². The van der Waals surface area contributed by atoms with Crippen molar-refractivity contribution in [3.63, 3.8) is 0 Å². The summed E-state index contributed by atoms with van der Waals surface area (Å²) in [5.41, 5.74) is 13.2. The van der Waals surface area contributed by atoms with Crippen LogP contribution in [0.4, 0.5) is 17.1 Å². The third kappa shape index (κ3) is 4.08. The Kier molecular flexibility index (Phi) is 6.18. The van der Waals surface area contributed by atoms with Gasteiger partial charge < -0.3 is 9.64 Å². The molecule has 4 aromatic rings. The second-order valence-corrected chi connectivity index (χ2v) is 13.1. The summed E-state index contributed by atoms with van der Waals surface area (Å²) in [6.07, 6.45) is 2.19. The van der Waals surface area contributed by atoms with Gasteiger partial charge >= 0.3 is 0 Å². The van der Waals surface area contributed by atoms with E-state index in [1.807, 2.05) is 0 Å². The van der Waals surface area contributed by atoms with Crippen molar-refractivity contribution >= 4 is 48.9 Å². The quantitative estimate of drug-likeness (QED) is 0.222. The molecule has 2 unspecified atom stereocenters. The summed E-state index contributed by atoms with van der Waals surface area (Å²) < 4.78 is 8.83. The van der Waals surface area contributed by atoms with Crippen molar-refractivity contribution in [3.05, 3.63) is 109 Å². The van der Waals surface area contributed by atoms with Crippen molar-refractivity contribution in [2.75, 3.05) is 4.90 Å². The van der Waals surface area contributed by atoms with Crippen LogP contribution in [0.5, 0.6) is 0 Å².